The van der Waals surface area contributed by atoms with Crippen molar-refractivity contribution >= 4 is 23.2 Å². The Balaban J connectivity index is 1.88. The van der Waals surface area contributed by atoms with Crippen LogP contribution in [0.4, 0.5) is 0 Å². The third kappa shape index (κ3) is 3.06. The molecule has 1 heterocycles. The topological polar surface area (TPSA) is 44.9 Å². The van der Waals surface area contributed by atoms with E-state index < -0.39 is 0 Å². The zero-order chi connectivity index (χ0) is 14.1. The van der Waals surface area contributed by atoms with Crippen LogP contribution in [0.1, 0.15) is 18.4 Å². The van der Waals surface area contributed by atoms with Crippen molar-refractivity contribution in [2.24, 2.45) is 0 Å². The largest absolute Gasteiger partial charge is 0.322 e. The highest BCUT2D eigenvalue weighted by molar-refractivity contribution is 6.35. The summed E-state index contributed by atoms with van der Waals surface area (Å²) in [6, 6.07) is 9.47. The Kier molecular flexibility index (Phi) is 3.83. The highest BCUT2D eigenvalue weighted by atomic mass is 35.5. The lowest BCUT2D eigenvalue weighted by Gasteiger charge is -2.07. The normalized spacial score (nSPS) is 14.5. The van der Waals surface area contributed by atoms with Crippen LogP contribution in [0.2, 0.25) is 10.0 Å². The molecule has 0 unspecified atom stereocenters. The van der Waals surface area contributed by atoms with Crippen molar-refractivity contribution in [1.29, 1.82) is 0 Å². The molecule has 20 heavy (non-hydrogen) atoms. The molecule has 1 fully saturated rings. The Bertz CT molecular complexity index is 693. The first-order valence-electron chi connectivity index (χ1n) is 6.54. The van der Waals surface area contributed by atoms with Gasteiger partial charge in [-0.05, 0) is 37.1 Å². The van der Waals surface area contributed by atoms with Gasteiger partial charge >= 0.3 is 0 Å². The Hall–Kier alpha value is -1.29. The quantitative estimate of drug-likeness (QED) is 0.906. The number of hydrogen-bond acceptors (Lipinski definition) is 2. The predicted octanol–water partition coefficient (Wildman–Crippen LogP) is 3.60. The van der Waals surface area contributed by atoms with Gasteiger partial charge in [-0.15, -0.1) is 0 Å². The second-order valence-electron chi connectivity index (χ2n) is 5.01. The van der Waals surface area contributed by atoms with Gasteiger partial charge in [-0.1, -0.05) is 29.3 Å². The number of benzene rings is 1. The average molecular weight is 309 g/mol. The summed E-state index contributed by atoms with van der Waals surface area (Å²) < 4.78 is 0. The van der Waals surface area contributed by atoms with Crippen LogP contribution in [-0.2, 0) is 6.54 Å². The van der Waals surface area contributed by atoms with Crippen LogP contribution in [0.25, 0.3) is 11.3 Å². The summed E-state index contributed by atoms with van der Waals surface area (Å²) in [7, 11) is 0. The molecule has 0 aliphatic heterocycles. The third-order valence-corrected chi connectivity index (χ3v) is 3.93. The summed E-state index contributed by atoms with van der Waals surface area (Å²) in [6.45, 7) is 0.601. The van der Waals surface area contributed by atoms with E-state index in [-0.39, 0.29) is 5.56 Å². The van der Waals surface area contributed by atoms with Crippen LogP contribution in [-0.4, -0.2) is 11.0 Å². The van der Waals surface area contributed by atoms with Crippen molar-refractivity contribution in [1.82, 2.24) is 10.3 Å². The molecule has 3 rings (SSSR count). The van der Waals surface area contributed by atoms with Crippen LogP contribution >= 0.6 is 23.2 Å². The molecule has 2 N–H and O–H groups in total. The number of pyridine rings is 1. The molecule has 1 aliphatic rings. The lowest BCUT2D eigenvalue weighted by molar-refractivity contribution is 0.682. The van der Waals surface area contributed by atoms with Gasteiger partial charge in [-0.25, -0.2) is 0 Å². The van der Waals surface area contributed by atoms with Gasteiger partial charge in [0, 0.05) is 39.5 Å². The van der Waals surface area contributed by atoms with Gasteiger partial charge in [-0.2, -0.15) is 0 Å². The van der Waals surface area contributed by atoms with Crippen molar-refractivity contribution in [2.45, 2.75) is 25.4 Å². The number of aromatic amines is 1. The molecule has 0 amide bonds. The zero-order valence-electron chi connectivity index (χ0n) is 10.7. The smallest absolute Gasteiger partial charge is 0.252 e. The SMILES string of the molecule is O=c1[nH]c(-c2cc(Cl)ccc2Cl)ccc1CNC1CC1. The minimum atomic E-state index is -0.0910. The monoisotopic (exact) mass is 308 g/mol. The van der Waals surface area contributed by atoms with E-state index in [9.17, 15) is 4.79 Å². The molecule has 1 aromatic heterocycles. The van der Waals surface area contributed by atoms with Crippen molar-refractivity contribution in [2.75, 3.05) is 0 Å². The van der Waals surface area contributed by atoms with Gasteiger partial charge in [0.05, 0.1) is 0 Å². The van der Waals surface area contributed by atoms with E-state index in [0.717, 1.165) is 11.1 Å². The summed E-state index contributed by atoms with van der Waals surface area (Å²) in [5.41, 5.74) is 2.06. The fourth-order valence-electron chi connectivity index (χ4n) is 2.05. The Morgan fingerprint density at radius 1 is 1.20 bits per heavy atom. The summed E-state index contributed by atoms with van der Waals surface area (Å²) >= 11 is 12.1. The third-order valence-electron chi connectivity index (χ3n) is 3.37. The molecular weight excluding hydrogens is 295 g/mol. The van der Waals surface area contributed by atoms with E-state index in [1.807, 2.05) is 12.1 Å². The predicted molar refractivity (Wildman–Crippen MR) is 82.4 cm³/mol. The molecule has 2 aromatic rings. The zero-order valence-corrected chi connectivity index (χ0v) is 12.3. The van der Waals surface area contributed by atoms with Crippen LogP contribution in [0.3, 0.4) is 0 Å². The number of H-pyrrole nitrogens is 1. The van der Waals surface area contributed by atoms with E-state index in [4.69, 9.17) is 23.2 Å². The second kappa shape index (κ2) is 5.60. The maximum atomic E-state index is 12.1. The number of rotatable bonds is 4. The summed E-state index contributed by atoms with van der Waals surface area (Å²) in [4.78, 5) is 14.9. The fraction of sp³-hybridized carbons (Fsp3) is 0.267. The van der Waals surface area contributed by atoms with Crippen LogP contribution in [0.5, 0.6) is 0 Å². The highest BCUT2D eigenvalue weighted by Crippen LogP contribution is 2.28. The van der Waals surface area contributed by atoms with Crippen LogP contribution < -0.4 is 10.9 Å². The lowest BCUT2D eigenvalue weighted by Crippen LogP contribution is -2.22. The standard InChI is InChI=1S/C15H14Cl2N2O/c16-10-2-5-13(17)12(7-10)14-6-1-9(15(20)19-14)8-18-11-3-4-11/h1-2,5-7,11,18H,3-4,8H2,(H,19,20). The Morgan fingerprint density at radius 2 is 2.00 bits per heavy atom. The second-order valence-corrected chi connectivity index (χ2v) is 5.85. The van der Waals surface area contributed by atoms with E-state index in [1.54, 1.807) is 18.2 Å². The van der Waals surface area contributed by atoms with Gasteiger partial charge in [0.15, 0.2) is 0 Å². The molecule has 0 saturated heterocycles. The first kappa shape index (κ1) is 13.7. The molecule has 0 spiro atoms. The molecule has 1 aromatic carbocycles. The van der Waals surface area contributed by atoms with Crippen molar-refractivity contribution in [3.8, 4) is 11.3 Å². The maximum absolute atomic E-state index is 12.1. The van der Waals surface area contributed by atoms with Gasteiger partial charge in [0.2, 0.25) is 0 Å². The average Bonchev–Trinajstić information content (AvgIpc) is 3.24. The number of hydrogen-bond donors (Lipinski definition) is 2. The van der Waals surface area contributed by atoms with Crippen molar-refractivity contribution < 1.29 is 0 Å². The first-order valence-corrected chi connectivity index (χ1v) is 7.30. The molecular formula is C15H14Cl2N2O. The van der Waals surface area contributed by atoms with E-state index >= 15 is 0 Å². The first-order chi connectivity index (χ1) is 9.63. The van der Waals surface area contributed by atoms with Crippen molar-refractivity contribution in [3.05, 3.63) is 56.3 Å². The molecule has 1 saturated carbocycles. The minimum absolute atomic E-state index is 0.0910. The minimum Gasteiger partial charge on any atom is -0.322 e. The van der Waals surface area contributed by atoms with E-state index in [2.05, 4.69) is 10.3 Å². The Labute approximate surface area is 126 Å². The van der Waals surface area contributed by atoms with E-state index in [1.165, 1.54) is 12.8 Å². The highest BCUT2D eigenvalue weighted by Gasteiger charge is 2.20. The van der Waals surface area contributed by atoms with Gasteiger partial charge in [0.25, 0.3) is 5.56 Å². The number of halogens is 2. The van der Waals surface area contributed by atoms with Crippen molar-refractivity contribution in [3.63, 3.8) is 0 Å². The van der Waals surface area contributed by atoms with Gasteiger partial charge in [-0.3, -0.25) is 4.79 Å². The molecule has 0 bridgehead atoms. The number of nitrogens with one attached hydrogen (secondary N) is 2. The van der Waals surface area contributed by atoms with Crippen LogP contribution in [0, 0.1) is 0 Å². The summed E-state index contributed by atoms with van der Waals surface area (Å²) in [5.74, 6) is 0. The lowest BCUT2D eigenvalue weighted by atomic mass is 10.1. The van der Waals surface area contributed by atoms with Crippen LogP contribution in [0.15, 0.2) is 35.1 Å². The molecule has 0 radical (unpaired) electrons. The molecule has 1 aliphatic carbocycles. The summed E-state index contributed by atoms with van der Waals surface area (Å²) in [6.07, 6.45) is 2.40. The summed E-state index contributed by atoms with van der Waals surface area (Å²) in [5, 5.41) is 4.48. The van der Waals surface area contributed by atoms with Gasteiger partial charge < -0.3 is 10.3 Å². The van der Waals surface area contributed by atoms with Gasteiger partial charge in [0.1, 0.15) is 0 Å². The molecule has 104 valence electrons. The maximum Gasteiger partial charge on any atom is 0.252 e. The fourth-order valence-corrected chi connectivity index (χ4v) is 2.44. The van der Waals surface area contributed by atoms with E-state index in [0.29, 0.717) is 28.3 Å². The Morgan fingerprint density at radius 3 is 2.70 bits per heavy atom. The molecule has 5 heteroatoms. The number of aromatic nitrogens is 1. The molecule has 0 atom stereocenters. The molecule has 3 nitrogen and oxygen atoms in total.